The van der Waals surface area contributed by atoms with Gasteiger partial charge in [-0.3, -0.25) is 0 Å². The van der Waals surface area contributed by atoms with Gasteiger partial charge in [0.25, 0.3) is 0 Å². The molecule has 18 heteroatoms. The summed E-state index contributed by atoms with van der Waals surface area (Å²) in [5.41, 5.74) is -0.745. The minimum absolute atomic E-state index is 0.0557. The summed E-state index contributed by atoms with van der Waals surface area (Å²) in [4.78, 5) is 97.9. The molecule has 0 aromatic heterocycles. The van der Waals surface area contributed by atoms with Crippen molar-refractivity contribution in [2.24, 2.45) is 0 Å². The predicted octanol–water partition coefficient (Wildman–Crippen LogP) is 8.94. The molecular weight excluding hydrogens is 1020 g/mol. The highest BCUT2D eigenvalue weighted by atomic mass is 32.2. The van der Waals surface area contributed by atoms with Gasteiger partial charge in [-0.2, -0.15) is 0 Å². The van der Waals surface area contributed by atoms with Gasteiger partial charge in [0.15, 0.2) is 36.8 Å². The van der Waals surface area contributed by atoms with Crippen LogP contribution >= 0.6 is 12.0 Å². The molecule has 0 saturated carbocycles. The molecule has 0 aliphatic carbocycles. The van der Waals surface area contributed by atoms with E-state index in [0.717, 1.165) is 0 Å². The van der Waals surface area contributed by atoms with E-state index >= 15 is 0 Å². The fourth-order valence-electron chi connectivity index (χ4n) is 8.21. The second-order valence-electron chi connectivity index (χ2n) is 17.4. The van der Waals surface area contributed by atoms with Crippen LogP contribution in [0, 0.1) is 0 Å². The van der Waals surface area contributed by atoms with E-state index in [-0.39, 0.29) is 38.9 Å². The van der Waals surface area contributed by atoms with Crippen LogP contribution in [0.4, 0.5) is 0 Å². The number of benzene rings is 7. The van der Waals surface area contributed by atoms with Gasteiger partial charge in [-0.25, -0.2) is 33.6 Å². The van der Waals surface area contributed by atoms with Crippen molar-refractivity contribution in [1.29, 1.82) is 0 Å². The molecule has 78 heavy (non-hydrogen) atoms. The topological polar surface area (TPSA) is 212 Å². The van der Waals surface area contributed by atoms with Gasteiger partial charge < -0.3 is 46.8 Å². The number of hydrogen-bond donors (Lipinski definition) is 0. The van der Waals surface area contributed by atoms with Gasteiger partial charge in [0, 0.05) is 12.0 Å². The van der Waals surface area contributed by atoms with E-state index < -0.39 is 109 Å². The first-order chi connectivity index (χ1) is 38.1. The molecule has 2 heterocycles. The molecule has 2 fully saturated rings. The third-order valence-corrected chi connectivity index (χ3v) is 13.0. The average molecular weight is 1070 g/mol. The number of carbonyl (C=O) groups excluding carboxylic acids is 7. The monoisotopic (exact) mass is 1070 g/mol. The molecule has 7 aromatic carbocycles. The summed E-state index contributed by atoms with van der Waals surface area (Å²) in [6.07, 6.45) is -13.3. The Bertz CT molecular complexity index is 3140. The summed E-state index contributed by atoms with van der Waals surface area (Å²) in [6, 6.07) is 55.4. The number of rotatable bonds is 18. The molecular formula is C60H48O17S. The normalized spacial score (nSPS) is 21.6. The van der Waals surface area contributed by atoms with Crippen LogP contribution < -0.4 is 0 Å². The zero-order valence-electron chi connectivity index (χ0n) is 41.2. The Kier molecular flexibility index (Phi) is 18.1. The van der Waals surface area contributed by atoms with Crippen molar-refractivity contribution in [2.75, 3.05) is 13.2 Å². The summed E-state index contributed by atoms with van der Waals surface area (Å²) in [5.74, 6) is -6.19. The summed E-state index contributed by atoms with van der Waals surface area (Å²) >= 11 is 0.581. The van der Waals surface area contributed by atoms with Crippen molar-refractivity contribution < 1.29 is 80.4 Å². The van der Waals surface area contributed by atoms with Gasteiger partial charge >= 0.3 is 41.8 Å². The van der Waals surface area contributed by atoms with E-state index in [1.807, 2.05) is 0 Å². The Morgan fingerprint density at radius 1 is 0.321 bits per heavy atom. The van der Waals surface area contributed by atoms with Gasteiger partial charge in [-0.1, -0.05) is 127 Å². The smallest absolute Gasteiger partial charge is 0.339 e. The van der Waals surface area contributed by atoms with Crippen molar-refractivity contribution >= 4 is 53.8 Å². The Morgan fingerprint density at radius 3 is 0.987 bits per heavy atom. The lowest BCUT2D eigenvalue weighted by Gasteiger charge is -2.45. The van der Waals surface area contributed by atoms with Crippen molar-refractivity contribution in [3.8, 4) is 0 Å². The van der Waals surface area contributed by atoms with Crippen molar-refractivity contribution in [2.45, 2.75) is 54.5 Å². The van der Waals surface area contributed by atoms with Crippen LogP contribution in [0.3, 0.4) is 0 Å². The molecule has 2 aliphatic heterocycles. The summed E-state index contributed by atoms with van der Waals surface area (Å²) in [6.45, 7) is -1.31. The number of hydrogen-bond acceptors (Lipinski definition) is 18. The van der Waals surface area contributed by atoms with Gasteiger partial charge in [-0.15, -0.1) is 0 Å². The first kappa shape index (κ1) is 53.9. The van der Waals surface area contributed by atoms with Crippen molar-refractivity contribution in [1.82, 2.24) is 0 Å². The lowest BCUT2D eigenvalue weighted by Crippen LogP contribution is -2.63. The predicted molar refractivity (Wildman–Crippen MR) is 278 cm³/mol. The van der Waals surface area contributed by atoms with Gasteiger partial charge in [0.05, 0.1) is 45.6 Å². The molecule has 2 aliphatic rings. The maximum Gasteiger partial charge on any atom is 0.339 e. The van der Waals surface area contributed by atoms with Gasteiger partial charge in [0.2, 0.25) is 5.44 Å². The third-order valence-electron chi connectivity index (χ3n) is 12.1. The Balaban J connectivity index is 1.10. The highest BCUT2D eigenvalue weighted by Crippen LogP contribution is 2.38. The molecule has 9 rings (SSSR count). The van der Waals surface area contributed by atoms with Crippen LogP contribution in [0.15, 0.2) is 212 Å². The molecule has 0 radical (unpaired) electrons. The van der Waals surface area contributed by atoms with Crippen LogP contribution in [0.1, 0.15) is 72.5 Å². The number of esters is 7. The quantitative estimate of drug-likeness (QED) is 0.0446. The molecule has 0 unspecified atom stereocenters. The Hall–Kier alpha value is -8.94. The minimum atomic E-state index is -1.82. The lowest BCUT2D eigenvalue weighted by molar-refractivity contribution is -0.303. The molecule has 0 N–H and O–H groups in total. The average Bonchev–Trinajstić information content (AvgIpc) is 3.55. The molecule has 0 bridgehead atoms. The molecule has 7 aromatic rings. The molecule has 396 valence electrons. The minimum Gasteiger partial charge on any atom is -0.459 e. The highest BCUT2D eigenvalue weighted by Gasteiger charge is 2.55. The van der Waals surface area contributed by atoms with Crippen LogP contribution in [-0.4, -0.2) is 109 Å². The van der Waals surface area contributed by atoms with Crippen LogP contribution in [0.25, 0.3) is 0 Å². The fourth-order valence-corrected chi connectivity index (χ4v) is 9.07. The van der Waals surface area contributed by atoms with Crippen molar-refractivity contribution in [3.63, 3.8) is 0 Å². The van der Waals surface area contributed by atoms with E-state index in [4.69, 9.17) is 46.8 Å². The maximum absolute atomic E-state index is 14.3. The summed E-state index contributed by atoms with van der Waals surface area (Å²) < 4.78 is 61.9. The molecule has 17 nitrogen and oxygen atoms in total. The van der Waals surface area contributed by atoms with E-state index in [9.17, 15) is 33.6 Å². The van der Waals surface area contributed by atoms with Crippen LogP contribution in [-0.2, 0) is 46.8 Å². The van der Waals surface area contributed by atoms with Crippen LogP contribution in [0.5, 0.6) is 0 Å². The summed E-state index contributed by atoms with van der Waals surface area (Å²) in [7, 11) is 0. The van der Waals surface area contributed by atoms with E-state index in [0.29, 0.717) is 12.0 Å². The first-order valence-corrected chi connectivity index (χ1v) is 25.3. The largest absolute Gasteiger partial charge is 0.459 e. The zero-order chi connectivity index (χ0) is 54.2. The van der Waals surface area contributed by atoms with Gasteiger partial charge in [0.1, 0.15) is 18.8 Å². The third kappa shape index (κ3) is 13.7. The molecule has 0 amide bonds. The standard InChI is InChI=1S/C60H48O17S/c61-52(38-22-8-1-9-23-38)68-36-45-47(71-53(62)39-24-10-2-11-25-39)49(73-55(64)41-28-14-4-15-29-41)50(74-56(65)42-30-16-5-17-31-42)59(70-45)69-37-46-48(72-54(63)40-26-12-3-13-27-40)51(75-57(66)43-32-18-6-19-33-43)60(78-77-46)76-58(67)44-34-20-7-21-35-44/h1-35,45-51,59-60H,36-37H2/t45-,46-,47-,48-,49+,50-,51+,59-,60+/m1/s1. The van der Waals surface area contributed by atoms with Crippen LogP contribution in [0.2, 0.25) is 0 Å². The Labute approximate surface area is 451 Å². The molecule has 2 saturated heterocycles. The fraction of sp³-hybridized carbons (Fsp3) is 0.183. The lowest BCUT2D eigenvalue weighted by atomic mass is 9.97. The molecule has 9 atom stereocenters. The Morgan fingerprint density at radius 2 is 0.615 bits per heavy atom. The molecule has 0 spiro atoms. The second-order valence-corrected chi connectivity index (χ2v) is 18.2. The van der Waals surface area contributed by atoms with Crippen molar-refractivity contribution in [3.05, 3.63) is 251 Å². The zero-order valence-corrected chi connectivity index (χ0v) is 42.0. The SMILES string of the molecule is O=C(OC[C@H]1O[C@@H](OC[C@H]2OS[C@H](OC(=O)c3ccccc3)[C@@H](OC(=O)c3ccccc3)[C@@H]2OC(=O)c2ccccc2)[C@H](OC(=O)c2ccccc2)[C@@H](OC(=O)c2ccccc2)[C@@H]1OC(=O)c1ccccc1)c1ccccc1. The first-order valence-electron chi connectivity index (χ1n) is 24.5. The van der Waals surface area contributed by atoms with Gasteiger partial charge in [-0.05, 0) is 84.9 Å². The van der Waals surface area contributed by atoms with E-state index in [2.05, 4.69) is 0 Å². The second kappa shape index (κ2) is 26.2. The maximum atomic E-state index is 14.3. The number of carbonyl (C=O) groups is 7. The van der Waals surface area contributed by atoms with E-state index in [1.54, 1.807) is 127 Å². The van der Waals surface area contributed by atoms with E-state index in [1.165, 1.54) is 84.9 Å². The number of ether oxygens (including phenoxy) is 9. The highest BCUT2D eigenvalue weighted by molar-refractivity contribution is 7.95. The summed E-state index contributed by atoms with van der Waals surface area (Å²) in [5, 5.41) is 0.